The molecule has 0 aliphatic heterocycles. The van der Waals surface area contributed by atoms with Crippen molar-refractivity contribution in [1.82, 2.24) is 0 Å². The lowest BCUT2D eigenvalue weighted by Crippen LogP contribution is -2.16. The van der Waals surface area contributed by atoms with Gasteiger partial charge in [0.15, 0.2) is 0 Å². The number of carbonyl (C=O) groups excluding carboxylic acids is 2. The van der Waals surface area contributed by atoms with Crippen LogP contribution in [-0.4, -0.2) is 12.0 Å². The minimum atomic E-state index is -0.665. The standard InChI is InChI=1S/C24H21ClN4O3/c25-19-11-18(23(30)28-20-8-4-7-17(12-20)22(27)9-10-26)13-21(14-19)29-24(31)32-15-16-5-2-1-3-6-16/h1-8,11-14,22H,9,15,27H2,(H,28,30)(H,29,31)/t22-/m0/s1. The summed E-state index contributed by atoms with van der Waals surface area (Å²) in [5.41, 5.74) is 8.65. The number of nitrogens with two attached hydrogens (primary N) is 1. The average molecular weight is 449 g/mol. The number of hydrogen-bond acceptors (Lipinski definition) is 5. The maximum Gasteiger partial charge on any atom is 0.411 e. The van der Waals surface area contributed by atoms with E-state index in [1.165, 1.54) is 18.2 Å². The molecule has 0 saturated heterocycles. The summed E-state index contributed by atoms with van der Waals surface area (Å²) in [6, 6.07) is 22.3. The number of anilines is 2. The van der Waals surface area contributed by atoms with Gasteiger partial charge in [-0.2, -0.15) is 5.26 Å². The fourth-order valence-corrected chi connectivity index (χ4v) is 3.17. The molecule has 0 aromatic heterocycles. The Hall–Kier alpha value is -3.86. The molecule has 3 aromatic carbocycles. The van der Waals surface area contributed by atoms with Crippen molar-refractivity contribution in [3.8, 4) is 6.07 Å². The molecule has 0 fully saturated rings. The van der Waals surface area contributed by atoms with E-state index < -0.39 is 18.0 Å². The highest BCUT2D eigenvalue weighted by atomic mass is 35.5. The van der Waals surface area contributed by atoms with Crippen LogP contribution in [0.2, 0.25) is 5.02 Å². The molecule has 3 rings (SSSR count). The van der Waals surface area contributed by atoms with Gasteiger partial charge in [-0.25, -0.2) is 4.79 Å². The number of nitrogens with zero attached hydrogens (tertiary/aromatic N) is 1. The fourth-order valence-electron chi connectivity index (χ4n) is 2.94. The third-order valence-electron chi connectivity index (χ3n) is 4.50. The van der Waals surface area contributed by atoms with Crippen molar-refractivity contribution < 1.29 is 14.3 Å². The minimum Gasteiger partial charge on any atom is -0.444 e. The van der Waals surface area contributed by atoms with Crippen LogP contribution in [-0.2, 0) is 11.3 Å². The molecule has 0 saturated carbocycles. The number of benzene rings is 3. The fraction of sp³-hybridized carbons (Fsp3) is 0.125. The summed E-state index contributed by atoms with van der Waals surface area (Å²) in [5.74, 6) is -0.417. The Morgan fingerprint density at radius 1 is 1.00 bits per heavy atom. The molecular formula is C24H21ClN4O3. The quantitative estimate of drug-likeness (QED) is 0.456. The third kappa shape index (κ3) is 6.57. The molecule has 0 spiro atoms. The summed E-state index contributed by atoms with van der Waals surface area (Å²) >= 11 is 6.14. The van der Waals surface area contributed by atoms with Crippen molar-refractivity contribution in [3.05, 3.63) is 94.5 Å². The molecule has 4 N–H and O–H groups in total. The van der Waals surface area contributed by atoms with Crippen LogP contribution in [0.4, 0.5) is 16.2 Å². The zero-order chi connectivity index (χ0) is 22.9. The molecule has 162 valence electrons. The van der Waals surface area contributed by atoms with Crippen LogP contribution in [0.3, 0.4) is 0 Å². The zero-order valence-corrected chi connectivity index (χ0v) is 17.8. The maximum atomic E-state index is 12.7. The number of amides is 2. The van der Waals surface area contributed by atoms with E-state index >= 15 is 0 Å². The lowest BCUT2D eigenvalue weighted by Gasteiger charge is -2.12. The number of carbonyl (C=O) groups is 2. The number of ether oxygens (including phenoxy) is 1. The van der Waals surface area contributed by atoms with Gasteiger partial charge in [-0.3, -0.25) is 10.1 Å². The van der Waals surface area contributed by atoms with Gasteiger partial charge in [-0.05, 0) is 41.5 Å². The van der Waals surface area contributed by atoms with E-state index in [4.69, 9.17) is 27.3 Å². The van der Waals surface area contributed by atoms with Gasteiger partial charge in [0, 0.05) is 28.0 Å². The van der Waals surface area contributed by atoms with Crippen molar-refractivity contribution in [2.45, 2.75) is 19.1 Å². The molecule has 2 amide bonds. The van der Waals surface area contributed by atoms with Gasteiger partial charge in [-0.15, -0.1) is 0 Å². The highest BCUT2D eigenvalue weighted by Crippen LogP contribution is 2.22. The van der Waals surface area contributed by atoms with Crippen LogP contribution in [0.25, 0.3) is 0 Å². The monoisotopic (exact) mass is 448 g/mol. The van der Waals surface area contributed by atoms with Crippen molar-refractivity contribution in [1.29, 1.82) is 5.26 Å². The lowest BCUT2D eigenvalue weighted by atomic mass is 10.0. The molecule has 0 radical (unpaired) electrons. The molecule has 8 heteroatoms. The normalized spacial score (nSPS) is 11.2. The Morgan fingerprint density at radius 3 is 2.53 bits per heavy atom. The molecule has 1 atom stereocenters. The Morgan fingerprint density at radius 2 is 1.78 bits per heavy atom. The third-order valence-corrected chi connectivity index (χ3v) is 4.72. The van der Waals surface area contributed by atoms with E-state index in [1.54, 1.807) is 24.3 Å². The zero-order valence-electron chi connectivity index (χ0n) is 17.0. The van der Waals surface area contributed by atoms with E-state index in [0.717, 1.165) is 11.1 Å². The Balaban J connectivity index is 1.66. The van der Waals surface area contributed by atoms with E-state index in [9.17, 15) is 9.59 Å². The van der Waals surface area contributed by atoms with Crippen LogP contribution in [0.1, 0.15) is 33.9 Å². The van der Waals surface area contributed by atoms with Crippen LogP contribution in [0, 0.1) is 11.3 Å². The molecule has 0 bridgehead atoms. The molecule has 0 aliphatic carbocycles. The van der Waals surface area contributed by atoms with Crippen molar-refractivity contribution >= 4 is 35.0 Å². The Labute approximate surface area is 190 Å². The van der Waals surface area contributed by atoms with Crippen LogP contribution < -0.4 is 16.4 Å². The highest BCUT2D eigenvalue weighted by Gasteiger charge is 2.13. The maximum absolute atomic E-state index is 12.7. The number of nitrogens with one attached hydrogen (secondary N) is 2. The molecular weight excluding hydrogens is 428 g/mol. The lowest BCUT2D eigenvalue weighted by molar-refractivity contribution is 0.102. The van der Waals surface area contributed by atoms with Gasteiger partial charge in [0.2, 0.25) is 0 Å². The van der Waals surface area contributed by atoms with Crippen molar-refractivity contribution in [2.24, 2.45) is 5.73 Å². The Kier molecular flexibility index (Phi) is 7.81. The van der Waals surface area contributed by atoms with E-state index in [0.29, 0.717) is 11.4 Å². The van der Waals surface area contributed by atoms with Gasteiger partial charge in [0.25, 0.3) is 5.91 Å². The summed E-state index contributed by atoms with van der Waals surface area (Å²) in [6.07, 6.45) is -0.497. The summed E-state index contributed by atoms with van der Waals surface area (Å²) in [4.78, 5) is 24.8. The smallest absolute Gasteiger partial charge is 0.411 e. The van der Waals surface area contributed by atoms with E-state index in [-0.39, 0.29) is 23.6 Å². The molecule has 3 aromatic rings. The number of halogens is 1. The van der Waals surface area contributed by atoms with Crippen molar-refractivity contribution in [2.75, 3.05) is 10.6 Å². The summed E-state index contributed by atoms with van der Waals surface area (Å²) < 4.78 is 5.19. The predicted molar refractivity (Wildman–Crippen MR) is 123 cm³/mol. The molecule has 0 heterocycles. The SMILES string of the molecule is N#CC[C@H](N)c1cccc(NC(=O)c2cc(Cl)cc(NC(=O)OCc3ccccc3)c2)c1. The van der Waals surface area contributed by atoms with E-state index in [1.807, 2.05) is 36.4 Å². The molecule has 32 heavy (non-hydrogen) atoms. The van der Waals surface area contributed by atoms with Crippen LogP contribution in [0.15, 0.2) is 72.8 Å². The minimum absolute atomic E-state index is 0.116. The average Bonchev–Trinajstić information content (AvgIpc) is 2.78. The Bertz CT molecular complexity index is 1150. The van der Waals surface area contributed by atoms with Crippen molar-refractivity contribution in [3.63, 3.8) is 0 Å². The number of hydrogen-bond donors (Lipinski definition) is 3. The van der Waals surface area contributed by atoms with Gasteiger partial charge in [0.05, 0.1) is 12.5 Å². The number of rotatable bonds is 7. The summed E-state index contributed by atoms with van der Waals surface area (Å²) in [7, 11) is 0. The van der Waals surface area contributed by atoms with Gasteiger partial charge in [0.1, 0.15) is 6.61 Å². The first-order valence-electron chi connectivity index (χ1n) is 9.77. The first-order valence-corrected chi connectivity index (χ1v) is 10.1. The van der Waals surface area contributed by atoms with Crippen LogP contribution >= 0.6 is 11.6 Å². The van der Waals surface area contributed by atoms with Gasteiger partial charge >= 0.3 is 6.09 Å². The van der Waals surface area contributed by atoms with E-state index in [2.05, 4.69) is 10.6 Å². The summed E-state index contributed by atoms with van der Waals surface area (Å²) in [5, 5.41) is 14.4. The second kappa shape index (κ2) is 11.0. The largest absolute Gasteiger partial charge is 0.444 e. The first kappa shape index (κ1) is 22.8. The molecule has 7 nitrogen and oxygen atoms in total. The van der Waals surface area contributed by atoms with Crippen LogP contribution in [0.5, 0.6) is 0 Å². The second-order valence-corrected chi connectivity index (χ2v) is 7.40. The highest BCUT2D eigenvalue weighted by molar-refractivity contribution is 6.31. The molecule has 0 aliphatic rings. The second-order valence-electron chi connectivity index (χ2n) is 6.96. The molecule has 0 unspecified atom stereocenters. The first-order chi connectivity index (χ1) is 15.4. The number of nitriles is 1. The van der Waals surface area contributed by atoms with Gasteiger partial charge in [-0.1, -0.05) is 54.1 Å². The summed E-state index contributed by atoms with van der Waals surface area (Å²) in [6.45, 7) is 0.116. The topological polar surface area (TPSA) is 117 Å². The predicted octanol–water partition coefficient (Wildman–Crippen LogP) is 5.25. The van der Waals surface area contributed by atoms with Gasteiger partial charge < -0.3 is 15.8 Å².